The number of carbonyl (C=O) groups is 1. The predicted molar refractivity (Wildman–Crippen MR) is 79.3 cm³/mol. The van der Waals surface area contributed by atoms with Gasteiger partial charge in [0.2, 0.25) is 0 Å². The third-order valence-electron chi connectivity index (χ3n) is 5.27. The van der Waals surface area contributed by atoms with Crippen molar-refractivity contribution in [2.45, 2.75) is 46.6 Å². The predicted octanol–water partition coefficient (Wildman–Crippen LogP) is 3.98. The Morgan fingerprint density at radius 3 is 2.29 bits per heavy atom. The minimum absolute atomic E-state index is 0.0471. The monoisotopic (exact) mass is 350 g/mol. The van der Waals surface area contributed by atoms with Crippen LogP contribution in [0.25, 0.3) is 0 Å². The van der Waals surface area contributed by atoms with Crippen molar-refractivity contribution >= 4 is 28.6 Å². The van der Waals surface area contributed by atoms with Crippen molar-refractivity contribution in [2.75, 3.05) is 4.43 Å². The van der Waals surface area contributed by atoms with Crippen LogP contribution in [0, 0.1) is 16.7 Å². The summed E-state index contributed by atoms with van der Waals surface area (Å²) in [4.78, 5) is 11.5. The molecular formula is C14H23IO2. The van der Waals surface area contributed by atoms with Crippen LogP contribution in [0.1, 0.15) is 41.0 Å². The van der Waals surface area contributed by atoms with E-state index in [1.807, 2.05) is 0 Å². The molecule has 0 aromatic heterocycles. The maximum atomic E-state index is 11.5. The molecule has 0 bridgehead atoms. The Labute approximate surface area is 118 Å². The molecule has 1 fully saturated rings. The first-order chi connectivity index (χ1) is 7.62. The van der Waals surface area contributed by atoms with Gasteiger partial charge in [0.05, 0.1) is 0 Å². The third kappa shape index (κ3) is 2.15. The van der Waals surface area contributed by atoms with Crippen molar-refractivity contribution in [1.29, 1.82) is 0 Å². The number of ether oxygens (including phenoxy) is 1. The first-order valence-corrected chi connectivity index (χ1v) is 7.56. The number of alkyl halides is 1. The molecule has 0 N–H and O–H groups in total. The summed E-state index contributed by atoms with van der Waals surface area (Å²) in [5, 5.41) is 0. The Balaban J connectivity index is 3.10. The first-order valence-electron chi connectivity index (χ1n) is 6.04. The van der Waals surface area contributed by atoms with Crippen LogP contribution >= 0.6 is 22.6 Å². The Morgan fingerprint density at radius 1 is 1.41 bits per heavy atom. The van der Waals surface area contributed by atoms with Gasteiger partial charge >= 0.3 is 5.97 Å². The van der Waals surface area contributed by atoms with Gasteiger partial charge in [-0.05, 0) is 24.7 Å². The molecule has 0 spiro atoms. The summed E-state index contributed by atoms with van der Waals surface area (Å²) in [5.74, 6) is 0.256. The van der Waals surface area contributed by atoms with Crippen LogP contribution in [0.4, 0.5) is 0 Å². The van der Waals surface area contributed by atoms with E-state index in [0.29, 0.717) is 5.92 Å². The van der Waals surface area contributed by atoms with E-state index in [2.05, 4.69) is 63.8 Å². The van der Waals surface area contributed by atoms with Gasteiger partial charge in [0, 0.05) is 15.9 Å². The van der Waals surface area contributed by atoms with Crippen LogP contribution in [-0.2, 0) is 9.53 Å². The van der Waals surface area contributed by atoms with E-state index >= 15 is 0 Å². The lowest BCUT2D eigenvalue weighted by molar-refractivity contribution is -0.166. The molecule has 17 heavy (non-hydrogen) atoms. The van der Waals surface area contributed by atoms with Crippen molar-refractivity contribution in [3.05, 3.63) is 12.7 Å². The molecule has 0 aromatic rings. The Kier molecular flexibility index (Phi) is 4.02. The van der Waals surface area contributed by atoms with Gasteiger partial charge in [-0.15, -0.1) is 0 Å². The average molecular weight is 350 g/mol. The molecule has 0 heterocycles. The van der Waals surface area contributed by atoms with E-state index in [4.69, 9.17) is 4.74 Å². The van der Waals surface area contributed by atoms with Crippen LogP contribution in [0.5, 0.6) is 0 Å². The maximum Gasteiger partial charge on any atom is 0.330 e. The zero-order valence-corrected chi connectivity index (χ0v) is 13.6. The van der Waals surface area contributed by atoms with Crippen LogP contribution in [0.3, 0.4) is 0 Å². The fourth-order valence-electron chi connectivity index (χ4n) is 2.85. The molecule has 98 valence electrons. The Hall–Kier alpha value is -0.0600. The van der Waals surface area contributed by atoms with Crippen LogP contribution in [0.15, 0.2) is 12.7 Å². The lowest BCUT2D eigenvalue weighted by atomic mass is 9.63. The van der Waals surface area contributed by atoms with E-state index < -0.39 is 5.60 Å². The van der Waals surface area contributed by atoms with Crippen molar-refractivity contribution in [3.63, 3.8) is 0 Å². The quantitative estimate of drug-likeness (QED) is 0.333. The smallest absolute Gasteiger partial charge is 0.330 e. The SMILES string of the molecule is C=CC(=O)OC1(C)CC(CI)C(C)(C)C1(C)C. The van der Waals surface area contributed by atoms with E-state index in [1.54, 1.807) is 0 Å². The van der Waals surface area contributed by atoms with Gasteiger partial charge in [0.1, 0.15) is 5.60 Å². The van der Waals surface area contributed by atoms with Gasteiger partial charge in [-0.2, -0.15) is 0 Å². The summed E-state index contributed by atoms with van der Waals surface area (Å²) in [5.41, 5.74) is -0.295. The number of rotatable bonds is 3. The fourth-order valence-corrected chi connectivity index (χ4v) is 4.27. The van der Waals surface area contributed by atoms with Gasteiger partial charge < -0.3 is 4.74 Å². The van der Waals surface area contributed by atoms with Gasteiger partial charge in [-0.1, -0.05) is 56.9 Å². The summed E-state index contributed by atoms with van der Waals surface area (Å²) in [6.45, 7) is 14.5. The molecule has 2 nitrogen and oxygen atoms in total. The molecule has 3 heteroatoms. The Bertz CT molecular complexity index is 333. The van der Waals surface area contributed by atoms with Crippen molar-refractivity contribution in [1.82, 2.24) is 0 Å². The highest BCUT2D eigenvalue weighted by atomic mass is 127. The maximum absolute atomic E-state index is 11.5. The highest BCUT2D eigenvalue weighted by Crippen LogP contribution is 2.62. The molecule has 0 amide bonds. The summed E-state index contributed by atoms with van der Waals surface area (Å²) in [7, 11) is 0. The standard InChI is InChI=1S/C14H23IO2/c1-7-11(16)17-14(6)8-10(9-15)12(2,3)13(14,4)5/h7,10H,1,8-9H2,2-6H3. The van der Waals surface area contributed by atoms with Crippen molar-refractivity contribution < 1.29 is 9.53 Å². The molecular weight excluding hydrogens is 327 g/mol. The zero-order chi connectivity index (χ0) is 13.5. The van der Waals surface area contributed by atoms with Gasteiger partial charge in [-0.25, -0.2) is 4.79 Å². The minimum Gasteiger partial charge on any atom is -0.456 e. The molecule has 1 saturated carbocycles. The van der Waals surface area contributed by atoms with E-state index in [1.165, 1.54) is 6.08 Å². The number of hydrogen-bond acceptors (Lipinski definition) is 2. The summed E-state index contributed by atoms with van der Waals surface area (Å²) < 4.78 is 6.76. The van der Waals surface area contributed by atoms with E-state index in [-0.39, 0.29) is 16.8 Å². The second-order valence-corrected chi connectivity index (χ2v) is 7.14. The summed E-state index contributed by atoms with van der Waals surface area (Å²) >= 11 is 2.43. The van der Waals surface area contributed by atoms with Crippen molar-refractivity contribution in [3.8, 4) is 0 Å². The lowest BCUT2D eigenvalue weighted by Crippen LogP contribution is -2.47. The molecule has 0 aromatic carbocycles. The molecule has 0 aliphatic heterocycles. The fraction of sp³-hybridized carbons (Fsp3) is 0.786. The highest BCUT2D eigenvalue weighted by Gasteiger charge is 2.62. The topological polar surface area (TPSA) is 26.3 Å². The number of hydrogen-bond donors (Lipinski definition) is 0. The van der Waals surface area contributed by atoms with Crippen LogP contribution in [-0.4, -0.2) is 16.0 Å². The van der Waals surface area contributed by atoms with Gasteiger partial charge in [0.25, 0.3) is 0 Å². The normalized spacial score (nSPS) is 34.4. The molecule has 2 atom stereocenters. The molecule has 1 rings (SSSR count). The molecule has 1 aliphatic carbocycles. The largest absolute Gasteiger partial charge is 0.456 e. The van der Waals surface area contributed by atoms with E-state index in [9.17, 15) is 4.79 Å². The average Bonchev–Trinajstić information content (AvgIpc) is 2.36. The highest BCUT2D eigenvalue weighted by molar-refractivity contribution is 14.1. The van der Waals surface area contributed by atoms with E-state index in [0.717, 1.165) is 10.8 Å². The van der Waals surface area contributed by atoms with Gasteiger partial charge in [-0.3, -0.25) is 0 Å². The van der Waals surface area contributed by atoms with Crippen molar-refractivity contribution in [2.24, 2.45) is 16.7 Å². The lowest BCUT2D eigenvalue weighted by Gasteiger charge is -2.45. The zero-order valence-electron chi connectivity index (χ0n) is 11.5. The number of esters is 1. The molecule has 0 radical (unpaired) electrons. The molecule has 2 unspecified atom stereocenters. The third-order valence-corrected chi connectivity index (χ3v) is 6.33. The number of halogens is 1. The molecule has 1 aliphatic rings. The summed E-state index contributed by atoms with van der Waals surface area (Å²) in [6.07, 6.45) is 2.18. The Morgan fingerprint density at radius 2 is 1.94 bits per heavy atom. The second-order valence-electron chi connectivity index (χ2n) is 6.26. The van der Waals surface area contributed by atoms with Crippen LogP contribution < -0.4 is 0 Å². The first kappa shape index (κ1) is 15.0. The second kappa shape index (κ2) is 4.56. The summed E-state index contributed by atoms with van der Waals surface area (Å²) in [6, 6.07) is 0. The molecule has 0 saturated heterocycles. The van der Waals surface area contributed by atoms with Gasteiger partial charge in [0.15, 0.2) is 0 Å². The minimum atomic E-state index is -0.405. The van der Waals surface area contributed by atoms with Crippen LogP contribution in [0.2, 0.25) is 0 Å². The number of carbonyl (C=O) groups excluding carboxylic acids is 1.